The standard InChI is InChI=1S/C16H26Si/c1-13-10-11-14(2)16(12-13)17(3,4)15-8-6-5-7-9-15/h10-12,15H,5-9H2,1-4H3. The van der Waals surface area contributed by atoms with Crippen LogP contribution in [0.5, 0.6) is 0 Å². The number of hydrogen-bond acceptors (Lipinski definition) is 0. The van der Waals surface area contributed by atoms with Gasteiger partial charge in [0.15, 0.2) is 0 Å². The van der Waals surface area contributed by atoms with Gasteiger partial charge < -0.3 is 0 Å². The summed E-state index contributed by atoms with van der Waals surface area (Å²) in [6.07, 6.45) is 7.35. The van der Waals surface area contributed by atoms with E-state index in [1.807, 2.05) is 0 Å². The van der Waals surface area contributed by atoms with Crippen LogP contribution in [0.1, 0.15) is 43.2 Å². The molecule has 0 nitrogen and oxygen atoms in total. The van der Waals surface area contributed by atoms with Crippen LogP contribution in [0, 0.1) is 13.8 Å². The van der Waals surface area contributed by atoms with Gasteiger partial charge in [0.25, 0.3) is 0 Å². The van der Waals surface area contributed by atoms with Crippen molar-refractivity contribution in [3.63, 3.8) is 0 Å². The third-order valence-electron chi connectivity index (χ3n) is 4.71. The normalized spacial score (nSPS) is 18.4. The largest absolute Gasteiger partial charge is 0.0840 e. The molecule has 1 aromatic carbocycles. The van der Waals surface area contributed by atoms with Crippen molar-refractivity contribution in [3.05, 3.63) is 29.3 Å². The summed E-state index contributed by atoms with van der Waals surface area (Å²) >= 11 is 0. The Morgan fingerprint density at radius 3 is 2.29 bits per heavy atom. The maximum atomic E-state index is 2.59. The molecule has 0 amide bonds. The lowest BCUT2D eigenvalue weighted by atomic mass is 10.0. The Balaban J connectivity index is 2.32. The molecule has 17 heavy (non-hydrogen) atoms. The van der Waals surface area contributed by atoms with E-state index in [-0.39, 0.29) is 0 Å². The zero-order valence-corrected chi connectivity index (χ0v) is 12.8. The van der Waals surface area contributed by atoms with Gasteiger partial charge in [-0.3, -0.25) is 0 Å². The van der Waals surface area contributed by atoms with Gasteiger partial charge in [-0.25, -0.2) is 0 Å². The van der Waals surface area contributed by atoms with Crippen LogP contribution in [-0.4, -0.2) is 8.07 Å². The van der Waals surface area contributed by atoms with E-state index in [1.165, 1.54) is 43.2 Å². The van der Waals surface area contributed by atoms with E-state index < -0.39 is 8.07 Å². The highest BCUT2D eigenvalue weighted by molar-refractivity contribution is 6.91. The molecule has 1 saturated carbocycles. The van der Waals surface area contributed by atoms with Crippen molar-refractivity contribution in [2.24, 2.45) is 0 Å². The molecule has 0 bridgehead atoms. The molecule has 0 unspecified atom stereocenters. The fourth-order valence-electron chi connectivity index (χ4n) is 3.47. The van der Waals surface area contributed by atoms with Gasteiger partial charge in [0.05, 0.1) is 8.07 Å². The molecule has 1 aliphatic rings. The Kier molecular flexibility index (Phi) is 3.77. The minimum Gasteiger partial charge on any atom is -0.0652 e. The molecular weight excluding hydrogens is 220 g/mol. The van der Waals surface area contributed by atoms with E-state index in [0.29, 0.717) is 0 Å². The molecule has 2 rings (SSSR count). The van der Waals surface area contributed by atoms with Crippen LogP contribution in [0.4, 0.5) is 0 Å². The lowest BCUT2D eigenvalue weighted by Gasteiger charge is -2.37. The van der Waals surface area contributed by atoms with E-state index >= 15 is 0 Å². The summed E-state index contributed by atoms with van der Waals surface area (Å²) in [7, 11) is -1.25. The van der Waals surface area contributed by atoms with E-state index in [4.69, 9.17) is 0 Å². The summed E-state index contributed by atoms with van der Waals surface area (Å²) in [6.45, 7) is 9.70. The van der Waals surface area contributed by atoms with Crippen LogP contribution < -0.4 is 5.19 Å². The maximum absolute atomic E-state index is 2.59. The Hall–Kier alpha value is -0.563. The SMILES string of the molecule is Cc1ccc(C)c([Si](C)(C)C2CCCCC2)c1. The molecule has 1 aromatic rings. The lowest BCUT2D eigenvalue weighted by molar-refractivity contribution is 0.494. The highest BCUT2D eigenvalue weighted by Crippen LogP contribution is 2.37. The van der Waals surface area contributed by atoms with Crippen LogP contribution in [0.15, 0.2) is 18.2 Å². The van der Waals surface area contributed by atoms with Crippen LogP contribution >= 0.6 is 0 Å². The van der Waals surface area contributed by atoms with Crippen molar-refractivity contribution in [3.8, 4) is 0 Å². The van der Waals surface area contributed by atoms with Crippen molar-refractivity contribution in [1.29, 1.82) is 0 Å². The van der Waals surface area contributed by atoms with E-state index in [9.17, 15) is 0 Å². The second kappa shape index (κ2) is 4.97. The van der Waals surface area contributed by atoms with Gasteiger partial charge >= 0.3 is 0 Å². The summed E-state index contributed by atoms with van der Waals surface area (Å²) in [5.41, 5.74) is 3.97. The first-order valence-corrected chi connectivity index (χ1v) is 10.2. The molecule has 1 heteroatoms. The molecule has 0 radical (unpaired) electrons. The Labute approximate surface area is 107 Å². The minimum absolute atomic E-state index is 1.01. The number of rotatable bonds is 2. The summed E-state index contributed by atoms with van der Waals surface area (Å²) in [6, 6.07) is 7.04. The van der Waals surface area contributed by atoms with Crippen LogP contribution in [0.25, 0.3) is 0 Å². The highest BCUT2D eigenvalue weighted by atomic mass is 28.3. The summed E-state index contributed by atoms with van der Waals surface area (Å²) in [4.78, 5) is 0. The Bertz CT molecular complexity index is 387. The lowest BCUT2D eigenvalue weighted by Crippen LogP contribution is -2.48. The molecule has 1 aliphatic carbocycles. The Morgan fingerprint density at radius 2 is 1.65 bits per heavy atom. The van der Waals surface area contributed by atoms with Crippen molar-refractivity contribution in [1.82, 2.24) is 0 Å². The summed E-state index contributed by atoms with van der Waals surface area (Å²) < 4.78 is 0. The first-order chi connectivity index (χ1) is 8.01. The molecule has 0 aliphatic heterocycles. The van der Waals surface area contributed by atoms with Crippen molar-refractivity contribution >= 4 is 13.3 Å². The van der Waals surface area contributed by atoms with E-state index in [1.54, 1.807) is 5.19 Å². The van der Waals surface area contributed by atoms with Gasteiger partial charge in [0, 0.05) is 0 Å². The topological polar surface area (TPSA) is 0 Å². The number of hydrogen-bond donors (Lipinski definition) is 0. The average molecular weight is 246 g/mol. The van der Waals surface area contributed by atoms with Crippen LogP contribution in [-0.2, 0) is 0 Å². The Morgan fingerprint density at radius 1 is 1.00 bits per heavy atom. The van der Waals surface area contributed by atoms with Gasteiger partial charge in [-0.15, -0.1) is 0 Å². The minimum atomic E-state index is -1.25. The van der Waals surface area contributed by atoms with Crippen molar-refractivity contribution in [2.75, 3.05) is 0 Å². The maximum Gasteiger partial charge on any atom is 0.0840 e. The third-order valence-corrected chi connectivity index (χ3v) is 9.26. The van der Waals surface area contributed by atoms with Crippen molar-refractivity contribution in [2.45, 2.75) is 64.6 Å². The first kappa shape index (κ1) is 12.9. The zero-order valence-electron chi connectivity index (χ0n) is 11.8. The van der Waals surface area contributed by atoms with Gasteiger partial charge in [-0.1, -0.05) is 79.7 Å². The molecule has 0 N–H and O–H groups in total. The third kappa shape index (κ3) is 2.65. The molecule has 94 valence electrons. The fraction of sp³-hybridized carbons (Fsp3) is 0.625. The zero-order chi connectivity index (χ0) is 12.5. The molecule has 0 saturated heterocycles. The smallest absolute Gasteiger partial charge is 0.0652 e. The second-order valence-electron chi connectivity index (χ2n) is 6.37. The van der Waals surface area contributed by atoms with Gasteiger partial charge in [-0.2, -0.15) is 0 Å². The van der Waals surface area contributed by atoms with Gasteiger partial charge in [0.1, 0.15) is 0 Å². The molecule has 0 heterocycles. The molecule has 1 fully saturated rings. The quantitative estimate of drug-likeness (QED) is 0.671. The summed E-state index contributed by atoms with van der Waals surface area (Å²) in [5.74, 6) is 0. The van der Waals surface area contributed by atoms with E-state index in [0.717, 1.165) is 5.54 Å². The van der Waals surface area contributed by atoms with Crippen LogP contribution in [0.3, 0.4) is 0 Å². The molecular formula is C16H26Si. The van der Waals surface area contributed by atoms with E-state index in [2.05, 4.69) is 45.1 Å². The molecule has 0 atom stereocenters. The molecule has 0 aromatic heterocycles. The monoisotopic (exact) mass is 246 g/mol. The second-order valence-corrected chi connectivity index (χ2v) is 11.2. The molecule has 0 spiro atoms. The number of aryl methyl sites for hydroxylation is 2. The van der Waals surface area contributed by atoms with Crippen molar-refractivity contribution < 1.29 is 0 Å². The summed E-state index contributed by atoms with van der Waals surface area (Å²) in [5, 5.41) is 1.71. The predicted molar refractivity (Wildman–Crippen MR) is 79.9 cm³/mol. The van der Waals surface area contributed by atoms with Crippen LogP contribution in [0.2, 0.25) is 18.6 Å². The van der Waals surface area contributed by atoms with Gasteiger partial charge in [0.2, 0.25) is 0 Å². The fourth-order valence-corrected chi connectivity index (χ4v) is 7.47. The first-order valence-electron chi connectivity index (χ1n) is 7.09. The van der Waals surface area contributed by atoms with Gasteiger partial charge in [-0.05, 0) is 19.4 Å². The average Bonchev–Trinajstić information content (AvgIpc) is 2.33. The highest BCUT2D eigenvalue weighted by Gasteiger charge is 2.35. The predicted octanol–water partition coefficient (Wildman–Crippen LogP) is 4.55. The number of benzene rings is 1.